The van der Waals surface area contributed by atoms with Gasteiger partial charge in [0.15, 0.2) is 0 Å². The van der Waals surface area contributed by atoms with Gasteiger partial charge < -0.3 is 11.1 Å². The van der Waals surface area contributed by atoms with E-state index in [-0.39, 0.29) is 5.91 Å². The number of carbonyl (C=O) groups is 1. The van der Waals surface area contributed by atoms with Gasteiger partial charge in [-0.15, -0.1) is 0 Å². The lowest BCUT2D eigenvalue weighted by Gasteiger charge is -2.11. The van der Waals surface area contributed by atoms with Gasteiger partial charge in [-0.2, -0.15) is 0 Å². The largest absolute Gasteiger partial charge is 0.399 e. The predicted molar refractivity (Wildman–Crippen MR) is 60.6 cm³/mol. The lowest BCUT2D eigenvalue weighted by molar-refractivity contribution is 0.0938. The van der Waals surface area contributed by atoms with Crippen LogP contribution in [0.4, 0.5) is 5.69 Å². The van der Waals surface area contributed by atoms with Crippen molar-refractivity contribution in [2.75, 3.05) is 5.73 Å². The highest BCUT2D eigenvalue weighted by Crippen LogP contribution is 2.18. The molecular weight excluding hydrogens is 188 g/mol. The summed E-state index contributed by atoms with van der Waals surface area (Å²) in [5.41, 5.74) is 6.91. The SMILES string of the molecule is Nc1cccc(C(=O)NC2CCCC2)c1. The van der Waals surface area contributed by atoms with E-state index >= 15 is 0 Å². The molecule has 15 heavy (non-hydrogen) atoms. The first-order valence-corrected chi connectivity index (χ1v) is 5.42. The molecule has 0 aromatic heterocycles. The minimum atomic E-state index is -0.00537. The summed E-state index contributed by atoms with van der Waals surface area (Å²) >= 11 is 0. The molecule has 1 aromatic rings. The summed E-state index contributed by atoms with van der Waals surface area (Å²) in [7, 11) is 0. The Labute approximate surface area is 89.7 Å². The fourth-order valence-electron chi connectivity index (χ4n) is 2.02. The van der Waals surface area contributed by atoms with Crippen molar-refractivity contribution >= 4 is 11.6 Å². The van der Waals surface area contributed by atoms with Gasteiger partial charge in [-0.05, 0) is 31.0 Å². The van der Waals surface area contributed by atoms with E-state index < -0.39 is 0 Å². The topological polar surface area (TPSA) is 55.1 Å². The Morgan fingerprint density at radius 3 is 2.73 bits per heavy atom. The van der Waals surface area contributed by atoms with Crippen molar-refractivity contribution in [3.63, 3.8) is 0 Å². The molecule has 0 heterocycles. The average Bonchev–Trinajstić information content (AvgIpc) is 2.70. The molecule has 1 amide bonds. The van der Waals surface area contributed by atoms with Gasteiger partial charge in [0.2, 0.25) is 0 Å². The van der Waals surface area contributed by atoms with Crippen molar-refractivity contribution < 1.29 is 4.79 Å². The van der Waals surface area contributed by atoms with Crippen LogP contribution in [0.25, 0.3) is 0 Å². The minimum absolute atomic E-state index is 0.00537. The summed E-state index contributed by atoms with van der Waals surface area (Å²) in [4.78, 5) is 11.8. The number of amides is 1. The maximum atomic E-state index is 11.8. The molecule has 3 heteroatoms. The third-order valence-electron chi connectivity index (χ3n) is 2.84. The van der Waals surface area contributed by atoms with E-state index in [1.54, 1.807) is 24.3 Å². The Balaban J connectivity index is 2.01. The van der Waals surface area contributed by atoms with Crippen molar-refractivity contribution in [2.45, 2.75) is 31.7 Å². The monoisotopic (exact) mass is 204 g/mol. The van der Waals surface area contributed by atoms with Gasteiger partial charge in [0.05, 0.1) is 0 Å². The van der Waals surface area contributed by atoms with Crippen molar-refractivity contribution in [1.29, 1.82) is 0 Å². The molecule has 1 aromatic carbocycles. The van der Waals surface area contributed by atoms with Crippen LogP contribution in [-0.4, -0.2) is 11.9 Å². The number of nitrogen functional groups attached to an aromatic ring is 1. The molecule has 3 N–H and O–H groups in total. The smallest absolute Gasteiger partial charge is 0.251 e. The molecule has 1 saturated carbocycles. The average molecular weight is 204 g/mol. The molecule has 0 atom stereocenters. The van der Waals surface area contributed by atoms with Crippen LogP contribution in [0.15, 0.2) is 24.3 Å². The number of hydrogen-bond donors (Lipinski definition) is 2. The zero-order valence-corrected chi connectivity index (χ0v) is 8.70. The molecule has 0 radical (unpaired) electrons. The number of rotatable bonds is 2. The van der Waals surface area contributed by atoms with Crippen LogP contribution in [0.2, 0.25) is 0 Å². The zero-order valence-electron chi connectivity index (χ0n) is 8.70. The van der Waals surface area contributed by atoms with E-state index in [0.717, 1.165) is 12.8 Å². The Morgan fingerprint density at radius 2 is 2.07 bits per heavy atom. The number of hydrogen-bond acceptors (Lipinski definition) is 2. The van der Waals surface area contributed by atoms with Crippen LogP contribution in [-0.2, 0) is 0 Å². The van der Waals surface area contributed by atoms with Crippen LogP contribution in [0.1, 0.15) is 36.0 Å². The lowest BCUT2D eigenvalue weighted by Crippen LogP contribution is -2.32. The van der Waals surface area contributed by atoms with E-state index in [0.29, 0.717) is 17.3 Å². The first kappa shape index (κ1) is 10.0. The molecule has 3 nitrogen and oxygen atoms in total. The molecule has 0 aliphatic heterocycles. The van der Waals surface area contributed by atoms with Crippen molar-refractivity contribution in [3.05, 3.63) is 29.8 Å². The fraction of sp³-hybridized carbons (Fsp3) is 0.417. The van der Waals surface area contributed by atoms with Gasteiger partial charge in [-0.3, -0.25) is 4.79 Å². The van der Waals surface area contributed by atoms with Gasteiger partial charge in [0, 0.05) is 17.3 Å². The molecular formula is C12H16N2O. The summed E-state index contributed by atoms with van der Waals surface area (Å²) in [5, 5.41) is 3.03. The third kappa shape index (κ3) is 2.49. The normalized spacial score (nSPS) is 16.5. The van der Waals surface area contributed by atoms with Gasteiger partial charge >= 0.3 is 0 Å². The molecule has 1 fully saturated rings. The van der Waals surface area contributed by atoms with Gasteiger partial charge in [-0.25, -0.2) is 0 Å². The highest BCUT2D eigenvalue weighted by atomic mass is 16.1. The summed E-state index contributed by atoms with van der Waals surface area (Å²) in [5.74, 6) is -0.00537. The maximum absolute atomic E-state index is 11.8. The summed E-state index contributed by atoms with van der Waals surface area (Å²) in [6.07, 6.45) is 4.66. The van der Waals surface area contributed by atoms with E-state index in [4.69, 9.17) is 5.73 Å². The van der Waals surface area contributed by atoms with Crippen molar-refractivity contribution in [2.24, 2.45) is 0 Å². The second-order valence-corrected chi connectivity index (χ2v) is 4.08. The molecule has 80 valence electrons. The van der Waals surface area contributed by atoms with E-state index in [1.165, 1.54) is 12.8 Å². The second kappa shape index (κ2) is 4.34. The molecule has 0 saturated heterocycles. The summed E-state index contributed by atoms with van der Waals surface area (Å²) in [6.45, 7) is 0. The molecule has 0 bridgehead atoms. The standard InChI is InChI=1S/C12H16N2O/c13-10-5-3-4-9(8-10)12(15)14-11-6-1-2-7-11/h3-5,8,11H,1-2,6-7,13H2,(H,14,15). The fourth-order valence-corrected chi connectivity index (χ4v) is 2.02. The Hall–Kier alpha value is -1.51. The minimum Gasteiger partial charge on any atom is -0.399 e. The first-order valence-electron chi connectivity index (χ1n) is 5.42. The number of nitrogens with two attached hydrogens (primary N) is 1. The predicted octanol–water partition coefficient (Wildman–Crippen LogP) is 1.94. The van der Waals surface area contributed by atoms with Gasteiger partial charge in [-0.1, -0.05) is 18.9 Å². The van der Waals surface area contributed by atoms with E-state index in [9.17, 15) is 4.79 Å². The molecule has 1 aliphatic carbocycles. The summed E-state index contributed by atoms with van der Waals surface area (Å²) in [6, 6.07) is 7.45. The molecule has 2 rings (SSSR count). The number of anilines is 1. The van der Waals surface area contributed by atoms with Crippen LogP contribution in [0.5, 0.6) is 0 Å². The van der Waals surface area contributed by atoms with Gasteiger partial charge in [0.1, 0.15) is 0 Å². The highest BCUT2D eigenvalue weighted by Gasteiger charge is 2.17. The molecule has 0 unspecified atom stereocenters. The second-order valence-electron chi connectivity index (χ2n) is 4.08. The van der Waals surface area contributed by atoms with Crippen molar-refractivity contribution in [1.82, 2.24) is 5.32 Å². The first-order chi connectivity index (χ1) is 7.25. The van der Waals surface area contributed by atoms with E-state index in [1.807, 2.05) is 0 Å². The van der Waals surface area contributed by atoms with E-state index in [2.05, 4.69) is 5.32 Å². The number of benzene rings is 1. The van der Waals surface area contributed by atoms with Crippen LogP contribution < -0.4 is 11.1 Å². The Morgan fingerprint density at radius 1 is 1.33 bits per heavy atom. The Kier molecular flexibility index (Phi) is 2.90. The third-order valence-corrected chi connectivity index (χ3v) is 2.84. The van der Waals surface area contributed by atoms with Crippen LogP contribution in [0.3, 0.4) is 0 Å². The highest BCUT2D eigenvalue weighted by molar-refractivity contribution is 5.95. The molecule has 0 spiro atoms. The summed E-state index contributed by atoms with van der Waals surface area (Å²) < 4.78 is 0. The van der Waals surface area contributed by atoms with Gasteiger partial charge in [0.25, 0.3) is 5.91 Å². The quantitative estimate of drug-likeness (QED) is 0.723. The lowest BCUT2D eigenvalue weighted by atomic mass is 10.1. The van der Waals surface area contributed by atoms with Crippen molar-refractivity contribution in [3.8, 4) is 0 Å². The van der Waals surface area contributed by atoms with Crippen LogP contribution >= 0.6 is 0 Å². The molecule has 1 aliphatic rings. The Bertz CT molecular complexity index is 356. The van der Waals surface area contributed by atoms with Crippen LogP contribution in [0, 0.1) is 0 Å². The number of carbonyl (C=O) groups excluding carboxylic acids is 1. The number of nitrogens with one attached hydrogen (secondary N) is 1. The zero-order chi connectivity index (χ0) is 10.7. The maximum Gasteiger partial charge on any atom is 0.251 e.